The number of nitrogens with zero attached hydrogens (tertiary/aromatic N) is 1. The largest absolute Gasteiger partial charge is 0.314 e. The molecule has 0 aliphatic carbocycles. The van der Waals surface area contributed by atoms with Crippen molar-refractivity contribution in [3.63, 3.8) is 0 Å². The summed E-state index contributed by atoms with van der Waals surface area (Å²) in [6.45, 7) is 8.13. The molecular formula is C15H30N2. The van der Waals surface area contributed by atoms with Gasteiger partial charge in [0.1, 0.15) is 0 Å². The molecule has 0 spiro atoms. The standard InChI is InChI=1S/C15H30N2/c1-5-11(3)15(16-6-2)12-9-13-7-8-14(10-12)17(13)4/h11-16H,5-10H2,1-4H3. The van der Waals surface area contributed by atoms with Gasteiger partial charge in [-0.1, -0.05) is 27.2 Å². The maximum Gasteiger partial charge on any atom is 0.0122 e. The van der Waals surface area contributed by atoms with Gasteiger partial charge in [0.15, 0.2) is 0 Å². The van der Waals surface area contributed by atoms with E-state index in [1.807, 2.05) is 0 Å². The van der Waals surface area contributed by atoms with Crippen LogP contribution in [0.3, 0.4) is 0 Å². The van der Waals surface area contributed by atoms with Crippen LogP contribution in [0.2, 0.25) is 0 Å². The minimum Gasteiger partial charge on any atom is -0.314 e. The average molecular weight is 238 g/mol. The Morgan fingerprint density at radius 3 is 2.24 bits per heavy atom. The predicted molar refractivity (Wildman–Crippen MR) is 74.2 cm³/mol. The lowest BCUT2D eigenvalue weighted by atomic mass is 9.79. The second kappa shape index (κ2) is 5.71. The van der Waals surface area contributed by atoms with Gasteiger partial charge in [0.05, 0.1) is 0 Å². The third-order valence-electron chi connectivity index (χ3n) is 5.34. The number of hydrogen-bond acceptors (Lipinski definition) is 2. The van der Waals surface area contributed by atoms with Gasteiger partial charge in [-0.15, -0.1) is 0 Å². The molecule has 2 aliphatic heterocycles. The molecule has 17 heavy (non-hydrogen) atoms. The van der Waals surface area contributed by atoms with Crippen LogP contribution in [0.1, 0.15) is 52.9 Å². The second-order valence-corrected chi connectivity index (χ2v) is 6.25. The molecule has 1 N–H and O–H groups in total. The first kappa shape index (κ1) is 13.4. The van der Waals surface area contributed by atoms with Gasteiger partial charge in [-0.05, 0) is 51.1 Å². The van der Waals surface area contributed by atoms with Crippen molar-refractivity contribution in [2.45, 2.75) is 71.0 Å². The molecular weight excluding hydrogens is 208 g/mol. The van der Waals surface area contributed by atoms with Gasteiger partial charge >= 0.3 is 0 Å². The molecule has 0 aromatic carbocycles. The Morgan fingerprint density at radius 2 is 1.76 bits per heavy atom. The molecule has 2 heteroatoms. The summed E-state index contributed by atoms with van der Waals surface area (Å²) in [6.07, 6.45) is 7.04. The molecule has 4 atom stereocenters. The van der Waals surface area contributed by atoms with E-state index in [1.54, 1.807) is 0 Å². The van der Waals surface area contributed by atoms with Crippen LogP contribution < -0.4 is 5.32 Å². The Balaban J connectivity index is 2.00. The predicted octanol–water partition coefficient (Wildman–Crippen LogP) is 2.88. The molecule has 2 fully saturated rings. The first-order valence-corrected chi connectivity index (χ1v) is 7.62. The molecule has 0 radical (unpaired) electrons. The number of rotatable bonds is 5. The molecule has 0 saturated carbocycles. The quantitative estimate of drug-likeness (QED) is 0.792. The molecule has 2 saturated heterocycles. The molecule has 100 valence electrons. The molecule has 2 rings (SSSR count). The molecule has 4 unspecified atom stereocenters. The van der Waals surface area contributed by atoms with Crippen LogP contribution in [0.4, 0.5) is 0 Å². The third kappa shape index (κ3) is 2.68. The van der Waals surface area contributed by atoms with Crippen LogP contribution in [-0.2, 0) is 0 Å². The Morgan fingerprint density at radius 1 is 1.18 bits per heavy atom. The van der Waals surface area contributed by atoms with E-state index in [2.05, 4.69) is 38.0 Å². The van der Waals surface area contributed by atoms with Crippen LogP contribution >= 0.6 is 0 Å². The van der Waals surface area contributed by atoms with Crippen molar-refractivity contribution in [2.75, 3.05) is 13.6 Å². The lowest BCUT2D eigenvalue weighted by molar-refractivity contribution is 0.0974. The normalized spacial score (nSPS) is 37.1. The fraction of sp³-hybridized carbons (Fsp3) is 1.00. The highest BCUT2D eigenvalue weighted by atomic mass is 15.2. The molecule has 0 amide bonds. The van der Waals surface area contributed by atoms with Gasteiger partial charge in [-0.2, -0.15) is 0 Å². The fourth-order valence-electron chi connectivity index (χ4n) is 4.07. The fourth-order valence-corrected chi connectivity index (χ4v) is 4.07. The van der Waals surface area contributed by atoms with Crippen LogP contribution in [0.15, 0.2) is 0 Å². The summed E-state index contributed by atoms with van der Waals surface area (Å²) in [6, 6.07) is 2.51. The zero-order valence-electron chi connectivity index (χ0n) is 12.1. The van der Waals surface area contributed by atoms with E-state index in [9.17, 15) is 0 Å². The van der Waals surface area contributed by atoms with Gasteiger partial charge in [-0.3, -0.25) is 0 Å². The van der Waals surface area contributed by atoms with Crippen molar-refractivity contribution in [2.24, 2.45) is 11.8 Å². The van der Waals surface area contributed by atoms with Crippen molar-refractivity contribution in [1.29, 1.82) is 0 Å². The van der Waals surface area contributed by atoms with Crippen molar-refractivity contribution in [3.8, 4) is 0 Å². The highest BCUT2D eigenvalue weighted by Crippen LogP contribution is 2.40. The number of nitrogens with one attached hydrogen (secondary N) is 1. The Hall–Kier alpha value is -0.0800. The molecule has 2 nitrogen and oxygen atoms in total. The number of piperidine rings is 1. The summed E-state index contributed by atoms with van der Waals surface area (Å²) in [7, 11) is 2.34. The Kier molecular flexibility index (Phi) is 4.48. The molecule has 2 aliphatic rings. The summed E-state index contributed by atoms with van der Waals surface area (Å²) in [4.78, 5) is 2.65. The SMILES string of the molecule is CCNC(C(C)CC)C1CC2CCC(C1)N2C. The van der Waals surface area contributed by atoms with Crippen LogP contribution in [0.5, 0.6) is 0 Å². The molecule has 0 aromatic heterocycles. The van der Waals surface area contributed by atoms with Crippen LogP contribution in [-0.4, -0.2) is 36.6 Å². The van der Waals surface area contributed by atoms with Gasteiger partial charge in [0.2, 0.25) is 0 Å². The smallest absolute Gasteiger partial charge is 0.0122 e. The highest BCUT2D eigenvalue weighted by molar-refractivity contribution is 4.97. The van der Waals surface area contributed by atoms with Gasteiger partial charge in [0, 0.05) is 18.1 Å². The average Bonchev–Trinajstić information content (AvgIpc) is 2.57. The monoisotopic (exact) mass is 238 g/mol. The summed E-state index contributed by atoms with van der Waals surface area (Å²) in [5.74, 6) is 1.74. The molecule has 0 aromatic rings. The van der Waals surface area contributed by atoms with Crippen LogP contribution in [0.25, 0.3) is 0 Å². The molecule has 2 bridgehead atoms. The molecule has 2 heterocycles. The maximum absolute atomic E-state index is 3.77. The van der Waals surface area contributed by atoms with Crippen molar-refractivity contribution in [1.82, 2.24) is 10.2 Å². The summed E-state index contributed by atoms with van der Waals surface area (Å²) < 4.78 is 0. The topological polar surface area (TPSA) is 15.3 Å². The van der Waals surface area contributed by atoms with Gasteiger partial charge in [-0.25, -0.2) is 0 Å². The van der Waals surface area contributed by atoms with E-state index in [0.29, 0.717) is 0 Å². The highest BCUT2D eigenvalue weighted by Gasteiger charge is 2.41. The van der Waals surface area contributed by atoms with E-state index in [0.717, 1.165) is 36.5 Å². The third-order valence-corrected chi connectivity index (χ3v) is 5.34. The van der Waals surface area contributed by atoms with E-state index in [-0.39, 0.29) is 0 Å². The van der Waals surface area contributed by atoms with Gasteiger partial charge in [0.25, 0.3) is 0 Å². The second-order valence-electron chi connectivity index (χ2n) is 6.25. The minimum absolute atomic E-state index is 0.752. The van der Waals surface area contributed by atoms with Crippen molar-refractivity contribution in [3.05, 3.63) is 0 Å². The van der Waals surface area contributed by atoms with E-state index in [4.69, 9.17) is 0 Å². The van der Waals surface area contributed by atoms with E-state index in [1.165, 1.54) is 32.1 Å². The zero-order chi connectivity index (χ0) is 12.4. The Labute approximate surface area is 107 Å². The van der Waals surface area contributed by atoms with Crippen LogP contribution in [0, 0.1) is 11.8 Å². The maximum atomic E-state index is 3.77. The van der Waals surface area contributed by atoms with E-state index < -0.39 is 0 Å². The van der Waals surface area contributed by atoms with Crippen molar-refractivity contribution >= 4 is 0 Å². The summed E-state index contributed by atoms with van der Waals surface area (Å²) >= 11 is 0. The summed E-state index contributed by atoms with van der Waals surface area (Å²) in [5.41, 5.74) is 0. The number of fused-ring (bicyclic) bond motifs is 2. The first-order valence-electron chi connectivity index (χ1n) is 7.62. The zero-order valence-corrected chi connectivity index (χ0v) is 12.1. The first-order chi connectivity index (χ1) is 8.17. The minimum atomic E-state index is 0.752. The summed E-state index contributed by atoms with van der Waals surface area (Å²) in [5, 5.41) is 3.77. The lowest BCUT2D eigenvalue weighted by Crippen LogP contribution is -2.49. The van der Waals surface area contributed by atoms with Gasteiger partial charge < -0.3 is 10.2 Å². The lowest BCUT2D eigenvalue weighted by Gasteiger charge is -2.42. The van der Waals surface area contributed by atoms with Crippen molar-refractivity contribution < 1.29 is 0 Å². The van der Waals surface area contributed by atoms with E-state index >= 15 is 0 Å². The number of hydrogen-bond donors (Lipinski definition) is 1. The Bertz CT molecular complexity index is 227.